The van der Waals surface area contributed by atoms with E-state index in [9.17, 15) is 0 Å². The average molecular weight is 420 g/mol. The molecule has 0 atom stereocenters. The first-order valence-electron chi connectivity index (χ1n) is 5.82. The maximum Gasteiger partial charge on any atom is 0.0597 e. The van der Waals surface area contributed by atoms with E-state index in [0.29, 0.717) is 0 Å². The summed E-state index contributed by atoms with van der Waals surface area (Å²) >= 11 is 5.82. The van der Waals surface area contributed by atoms with Gasteiger partial charge in [-0.3, -0.25) is 4.68 Å². The number of anilines is 1. The Bertz CT molecular complexity index is 551. The first-order valence-corrected chi connectivity index (χ1v) is 7.69. The maximum absolute atomic E-state index is 4.44. The van der Waals surface area contributed by atoms with E-state index in [1.165, 1.54) is 9.26 Å². The van der Waals surface area contributed by atoms with E-state index in [4.69, 9.17) is 0 Å². The van der Waals surface area contributed by atoms with Crippen LogP contribution in [0.4, 0.5) is 5.69 Å². The molecule has 1 heterocycles. The molecule has 1 aromatic heterocycles. The fourth-order valence-electron chi connectivity index (χ4n) is 1.81. The summed E-state index contributed by atoms with van der Waals surface area (Å²) in [4.78, 5) is 0. The van der Waals surface area contributed by atoms with Gasteiger partial charge in [0.25, 0.3) is 0 Å². The van der Waals surface area contributed by atoms with E-state index in [-0.39, 0.29) is 0 Å². The van der Waals surface area contributed by atoms with Crippen molar-refractivity contribution in [1.29, 1.82) is 0 Å². The summed E-state index contributed by atoms with van der Waals surface area (Å²) in [7, 11) is 0. The second kappa shape index (κ2) is 6.06. The lowest BCUT2D eigenvalue weighted by Crippen LogP contribution is -2.07. The number of nitrogens with one attached hydrogen (secondary N) is 1. The van der Waals surface area contributed by atoms with Crippen LogP contribution >= 0.6 is 38.5 Å². The Labute approximate surface area is 129 Å². The van der Waals surface area contributed by atoms with Gasteiger partial charge in [0.05, 0.1) is 17.9 Å². The molecule has 3 nitrogen and oxygen atoms in total. The van der Waals surface area contributed by atoms with Crippen molar-refractivity contribution >= 4 is 44.2 Å². The lowest BCUT2D eigenvalue weighted by molar-refractivity contribution is 0.623. The Morgan fingerprint density at radius 2 is 2.17 bits per heavy atom. The van der Waals surface area contributed by atoms with Gasteiger partial charge >= 0.3 is 0 Å². The summed E-state index contributed by atoms with van der Waals surface area (Å²) < 4.78 is 4.37. The van der Waals surface area contributed by atoms with Crippen LogP contribution in [0.3, 0.4) is 0 Å². The fraction of sp³-hybridized carbons (Fsp3) is 0.308. The highest BCUT2D eigenvalue weighted by Crippen LogP contribution is 2.22. The smallest absolute Gasteiger partial charge is 0.0597 e. The fourth-order valence-corrected chi connectivity index (χ4v) is 2.58. The van der Waals surface area contributed by atoms with Crippen LogP contribution in [-0.2, 0) is 13.1 Å². The number of hydrogen-bond donors (Lipinski definition) is 1. The molecule has 2 rings (SSSR count). The molecule has 0 spiro atoms. The standard InChI is InChI=1S/C13H15BrIN3/c1-3-18-11(6-9(2)17-18)8-16-10-4-5-12(14)13(15)7-10/h4-7,16H,3,8H2,1-2H3. The van der Waals surface area contributed by atoms with Crippen LogP contribution in [0.25, 0.3) is 0 Å². The third-order valence-corrected chi connectivity index (χ3v) is 5.00. The molecule has 0 saturated carbocycles. The van der Waals surface area contributed by atoms with Gasteiger partial charge in [0.15, 0.2) is 0 Å². The zero-order valence-corrected chi connectivity index (χ0v) is 14.1. The molecule has 0 aliphatic carbocycles. The molecule has 0 bridgehead atoms. The minimum Gasteiger partial charge on any atom is -0.379 e. The minimum absolute atomic E-state index is 0.798. The van der Waals surface area contributed by atoms with E-state index < -0.39 is 0 Å². The highest BCUT2D eigenvalue weighted by atomic mass is 127. The van der Waals surface area contributed by atoms with Gasteiger partial charge in [-0.25, -0.2) is 0 Å². The average Bonchev–Trinajstić information content (AvgIpc) is 2.71. The SMILES string of the molecule is CCn1nc(C)cc1CNc1ccc(Br)c(I)c1. The Morgan fingerprint density at radius 3 is 2.83 bits per heavy atom. The van der Waals surface area contributed by atoms with Crippen LogP contribution in [0.2, 0.25) is 0 Å². The summed E-state index contributed by atoms with van der Waals surface area (Å²) in [5.74, 6) is 0. The van der Waals surface area contributed by atoms with Crippen molar-refractivity contribution in [3.05, 3.63) is 43.7 Å². The van der Waals surface area contributed by atoms with Gasteiger partial charge in [0.1, 0.15) is 0 Å². The zero-order valence-electron chi connectivity index (χ0n) is 10.4. The van der Waals surface area contributed by atoms with Gasteiger partial charge in [-0.15, -0.1) is 0 Å². The largest absolute Gasteiger partial charge is 0.379 e. The number of halogens is 2. The minimum atomic E-state index is 0.798. The molecular weight excluding hydrogens is 405 g/mol. The van der Waals surface area contributed by atoms with Crippen LogP contribution in [0.1, 0.15) is 18.3 Å². The van der Waals surface area contributed by atoms with Crippen molar-refractivity contribution in [1.82, 2.24) is 9.78 Å². The highest BCUT2D eigenvalue weighted by Gasteiger charge is 2.04. The summed E-state index contributed by atoms with van der Waals surface area (Å²) in [6.45, 7) is 5.84. The van der Waals surface area contributed by atoms with Crippen molar-refractivity contribution in [3.63, 3.8) is 0 Å². The van der Waals surface area contributed by atoms with Crippen molar-refractivity contribution in [2.75, 3.05) is 5.32 Å². The third kappa shape index (κ3) is 3.26. The van der Waals surface area contributed by atoms with E-state index in [0.717, 1.165) is 28.9 Å². The van der Waals surface area contributed by atoms with Crippen molar-refractivity contribution in [3.8, 4) is 0 Å². The zero-order chi connectivity index (χ0) is 13.1. The number of nitrogens with zero attached hydrogens (tertiary/aromatic N) is 2. The molecule has 0 aliphatic rings. The van der Waals surface area contributed by atoms with Gasteiger partial charge in [0, 0.05) is 20.3 Å². The number of hydrogen-bond acceptors (Lipinski definition) is 2. The summed E-state index contributed by atoms with van der Waals surface area (Å²) in [5, 5.41) is 7.87. The number of rotatable bonds is 4. The predicted octanol–water partition coefficient (Wildman–Crippen LogP) is 4.19. The molecule has 0 radical (unpaired) electrons. The molecule has 96 valence electrons. The first-order chi connectivity index (χ1) is 8.60. The van der Waals surface area contributed by atoms with E-state index in [1.54, 1.807) is 0 Å². The molecule has 0 amide bonds. The normalized spacial score (nSPS) is 10.7. The Hall–Kier alpha value is -0.560. The van der Waals surface area contributed by atoms with E-state index in [1.807, 2.05) is 11.6 Å². The second-order valence-electron chi connectivity index (χ2n) is 4.08. The van der Waals surface area contributed by atoms with Gasteiger partial charge in [0.2, 0.25) is 0 Å². The highest BCUT2D eigenvalue weighted by molar-refractivity contribution is 14.1. The van der Waals surface area contributed by atoms with Crippen molar-refractivity contribution in [2.24, 2.45) is 0 Å². The van der Waals surface area contributed by atoms with Crippen LogP contribution < -0.4 is 5.32 Å². The lowest BCUT2D eigenvalue weighted by Gasteiger charge is -2.09. The lowest BCUT2D eigenvalue weighted by atomic mass is 10.3. The third-order valence-electron chi connectivity index (χ3n) is 2.68. The van der Waals surface area contributed by atoms with Gasteiger partial charge < -0.3 is 5.32 Å². The second-order valence-corrected chi connectivity index (χ2v) is 6.09. The number of aryl methyl sites for hydroxylation is 2. The molecule has 1 N–H and O–H groups in total. The van der Waals surface area contributed by atoms with Gasteiger partial charge in [-0.1, -0.05) is 0 Å². The number of benzene rings is 1. The van der Waals surface area contributed by atoms with Crippen LogP contribution in [0, 0.1) is 10.5 Å². The molecular formula is C13H15BrIN3. The summed E-state index contributed by atoms with van der Waals surface area (Å²) in [6, 6.07) is 8.39. The quantitative estimate of drug-likeness (QED) is 0.753. The van der Waals surface area contributed by atoms with Gasteiger partial charge in [-0.05, 0) is 76.6 Å². The number of aromatic nitrogens is 2. The Kier molecular flexibility index (Phi) is 4.66. The van der Waals surface area contributed by atoms with E-state index in [2.05, 4.69) is 80.1 Å². The Balaban J connectivity index is 2.08. The van der Waals surface area contributed by atoms with Crippen LogP contribution in [-0.4, -0.2) is 9.78 Å². The maximum atomic E-state index is 4.44. The van der Waals surface area contributed by atoms with Crippen molar-refractivity contribution in [2.45, 2.75) is 26.9 Å². The summed E-state index contributed by atoms with van der Waals surface area (Å²) in [6.07, 6.45) is 0. The van der Waals surface area contributed by atoms with Crippen LogP contribution in [0.15, 0.2) is 28.7 Å². The topological polar surface area (TPSA) is 29.9 Å². The molecule has 1 aromatic carbocycles. The molecule has 0 unspecified atom stereocenters. The van der Waals surface area contributed by atoms with Crippen LogP contribution in [0.5, 0.6) is 0 Å². The predicted molar refractivity (Wildman–Crippen MR) is 86.8 cm³/mol. The van der Waals surface area contributed by atoms with E-state index >= 15 is 0 Å². The molecule has 18 heavy (non-hydrogen) atoms. The molecule has 0 fully saturated rings. The summed E-state index contributed by atoms with van der Waals surface area (Å²) in [5.41, 5.74) is 3.41. The molecule has 2 aromatic rings. The monoisotopic (exact) mass is 419 g/mol. The molecule has 0 aliphatic heterocycles. The Morgan fingerprint density at radius 1 is 1.39 bits per heavy atom. The van der Waals surface area contributed by atoms with Crippen molar-refractivity contribution < 1.29 is 0 Å². The molecule has 0 saturated heterocycles. The molecule has 5 heteroatoms. The van der Waals surface area contributed by atoms with Gasteiger partial charge in [-0.2, -0.15) is 5.10 Å². The first kappa shape index (κ1) is 13.9.